The second kappa shape index (κ2) is 10.8. The van der Waals surface area contributed by atoms with Crippen molar-refractivity contribution < 1.29 is 19.1 Å². The number of hydrogen-bond donors (Lipinski definition) is 2. The lowest BCUT2D eigenvalue weighted by Crippen LogP contribution is -2.43. The molecule has 31 heavy (non-hydrogen) atoms. The molecule has 0 unspecified atom stereocenters. The quantitative estimate of drug-likeness (QED) is 0.673. The summed E-state index contributed by atoms with van der Waals surface area (Å²) in [5, 5.41) is 5.84. The standard InChI is InChI=1S/C23H30N4O4/c1-16-6-9-24-21(12-16)26-23(29)18-7-10-27(11-8-18)15-22(28)25-14-17-4-5-19(30-2)20(13-17)31-3/h4-6,9,12-13,18H,7-8,10-11,14-15H2,1-3H3,(H,25,28)(H,24,26,29). The smallest absolute Gasteiger partial charge is 0.234 e. The van der Waals surface area contributed by atoms with Crippen molar-refractivity contribution in [1.29, 1.82) is 0 Å². The Morgan fingerprint density at radius 1 is 1.10 bits per heavy atom. The van der Waals surface area contributed by atoms with Crippen molar-refractivity contribution in [1.82, 2.24) is 15.2 Å². The Kier molecular flexibility index (Phi) is 7.83. The molecule has 2 N–H and O–H groups in total. The third-order valence-corrected chi connectivity index (χ3v) is 5.43. The number of pyridine rings is 1. The van der Waals surface area contributed by atoms with Crippen LogP contribution in [0.2, 0.25) is 0 Å². The number of aromatic nitrogens is 1. The van der Waals surface area contributed by atoms with Gasteiger partial charge in [0, 0.05) is 18.7 Å². The Hall–Kier alpha value is -3.13. The average Bonchev–Trinajstić information content (AvgIpc) is 2.78. The summed E-state index contributed by atoms with van der Waals surface area (Å²) >= 11 is 0. The number of nitrogens with zero attached hydrogens (tertiary/aromatic N) is 2. The van der Waals surface area contributed by atoms with Crippen LogP contribution in [-0.2, 0) is 16.1 Å². The van der Waals surface area contributed by atoms with Crippen molar-refractivity contribution in [2.75, 3.05) is 39.2 Å². The molecule has 166 valence electrons. The van der Waals surface area contributed by atoms with Gasteiger partial charge in [0.05, 0.1) is 20.8 Å². The number of aryl methyl sites for hydroxylation is 1. The highest BCUT2D eigenvalue weighted by Gasteiger charge is 2.26. The number of hydrogen-bond acceptors (Lipinski definition) is 6. The molecule has 1 fully saturated rings. The summed E-state index contributed by atoms with van der Waals surface area (Å²) < 4.78 is 10.5. The van der Waals surface area contributed by atoms with E-state index in [2.05, 4.69) is 20.5 Å². The molecule has 0 spiro atoms. The second-order valence-electron chi connectivity index (χ2n) is 7.72. The van der Waals surface area contributed by atoms with Crippen LogP contribution >= 0.6 is 0 Å². The van der Waals surface area contributed by atoms with Crippen molar-refractivity contribution in [3.63, 3.8) is 0 Å². The van der Waals surface area contributed by atoms with Crippen LogP contribution in [0, 0.1) is 12.8 Å². The summed E-state index contributed by atoms with van der Waals surface area (Å²) in [6.07, 6.45) is 3.13. The van der Waals surface area contributed by atoms with Crippen molar-refractivity contribution >= 4 is 17.6 Å². The van der Waals surface area contributed by atoms with Gasteiger partial charge in [0.25, 0.3) is 0 Å². The summed E-state index contributed by atoms with van der Waals surface area (Å²) in [5.74, 6) is 1.77. The summed E-state index contributed by atoms with van der Waals surface area (Å²) in [7, 11) is 3.17. The Labute approximate surface area is 182 Å². The fourth-order valence-corrected chi connectivity index (χ4v) is 3.64. The van der Waals surface area contributed by atoms with Gasteiger partial charge in [0.2, 0.25) is 11.8 Å². The first-order chi connectivity index (χ1) is 15.0. The highest BCUT2D eigenvalue weighted by atomic mass is 16.5. The Balaban J connectivity index is 1.41. The van der Waals surface area contributed by atoms with E-state index < -0.39 is 0 Å². The lowest BCUT2D eigenvalue weighted by molar-refractivity contribution is -0.123. The van der Waals surface area contributed by atoms with Gasteiger partial charge < -0.3 is 20.1 Å². The predicted octanol–water partition coefficient (Wildman–Crippen LogP) is 2.37. The summed E-state index contributed by atoms with van der Waals surface area (Å²) in [6, 6.07) is 9.32. The number of carbonyl (C=O) groups excluding carboxylic acids is 2. The first-order valence-electron chi connectivity index (χ1n) is 10.4. The molecule has 2 heterocycles. The molecule has 0 saturated carbocycles. The zero-order valence-electron chi connectivity index (χ0n) is 18.3. The van der Waals surface area contributed by atoms with Crippen molar-refractivity contribution in [3.05, 3.63) is 47.7 Å². The lowest BCUT2D eigenvalue weighted by Gasteiger charge is -2.30. The van der Waals surface area contributed by atoms with Gasteiger partial charge in [-0.05, 0) is 68.2 Å². The average molecular weight is 427 g/mol. The van der Waals surface area contributed by atoms with E-state index >= 15 is 0 Å². The normalized spacial score (nSPS) is 14.7. The van der Waals surface area contributed by atoms with Gasteiger partial charge in [0.15, 0.2) is 11.5 Å². The Bertz CT molecular complexity index is 910. The highest BCUT2D eigenvalue weighted by Crippen LogP contribution is 2.27. The van der Waals surface area contributed by atoms with Crippen LogP contribution in [0.1, 0.15) is 24.0 Å². The number of ether oxygens (including phenoxy) is 2. The van der Waals surface area contributed by atoms with Crippen LogP contribution < -0.4 is 20.1 Å². The van der Waals surface area contributed by atoms with E-state index in [-0.39, 0.29) is 17.7 Å². The first-order valence-corrected chi connectivity index (χ1v) is 10.4. The number of rotatable bonds is 8. The lowest BCUT2D eigenvalue weighted by atomic mass is 9.96. The molecule has 8 nitrogen and oxygen atoms in total. The molecule has 1 aliphatic rings. The molecule has 8 heteroatoms. The number of nitrogens with one attached hydrogen (secondary N) is 2. The zero-order chi connectivity index (χ0) is 22.2. The number of amides is 2. The van der Waals surface area contributed by atoms with Gasteiger partial charge in [-0.3, -0.25) is 14.5 Å². The molecule has 3 rings (SSSR count). The Morgan fingerprint density at radius 3 is 2.52 bits per heavy atom. The minimum Gasteiger partial charge on any atom is -0.493 e. The largest absolute Gasteiger partial charge is 0.493 e. The minimum absolute atomic E-state index is 0.00402. The number of piperidine rings is 1. The molecule has 0 atom stereocenters. The van der Waals surface area contributed by atoms with Crippen LogP contribution in [0.4, 0.5) is 5.82 Å². The first kappa shape index (κ1) is 22.6. The number of likely N-dealkylation sites (tertiary alicyclic amines) is 1. The van der Waals surface area contributed by atoms with E-state index in [1.807, 2.05) is 37.3 Å². The number of methoxy groups -OCH3 is 2. The zero-order valence-corrected chi connectivity index (χ0v) is 18.3. The van der Waals surface area contributed by atoms with Gasteiger partial charge in [-0.2, -0.15) is 0 Å². The van der Waals surface area contributed by atoms with E-state index in [1.54, 1.807) is 20.4 Å². The topological polar surface area (TPSA) is 92.8 Å². The SMILES string of the molecule is COc1ccc(CNC(=O)CN2CCC(C(=O)Nc3cc(C)ccn3)CC2)cc1OC. The molecule has 0 bridgehead atoms. The second-order valence-corrected chi connectivity index (χ2v) is 7.72. The fourth-order valence-electron chi connectivity index (χ4n) is 3.64. The Morgan fingerprint density at radius 2 is 1.84 bits per heavy atom. The molecule has 1 aromatic heterocycles. The van der Waals surface area contributed by atoms with Crippen molar-refractivity contribution in [2.24, 2.45) is 5.92 Å². The minimum atomic E-state index is -0.0617. The summed E-state index contributed by atoms with van der Waals surface area (Å²) in [6.45, 7) is 4.13. The van der Waals surface area contributed by atoms with E-state index in [9.17, 15) is 9.59 Å². The summed E-state index contributed by atoms with van der Waals surface area (Å²) in [4.78, 5) is 31.1. The van der Waals surface area contributed by atoms with Crippen LogP contribution in [0.15, 0.2) is 36.5 Å². The maximum atomic E-state index is 12.5. The molecule has 2 amide bonds. The number of anilines is 1. The monoisotopic (exact) mass is 426 g/mol. The molecule has 0 aliphatic carbocycles. The molecule has 1 aromatic carbocycles. The highest BCUT2D eigenvalue weighted by molar-refractivity contribution is 5.91. The number of benzene rings is 1. The van der Waals surface area contributed by atoms with Gasteiger partial charge in [-0.25, -0.2) is 4.98 Å². The molecular weight excluding hydrogens is 396 g/mol. The van der Waals surface area contributed by atoms with Crippen LogP contribution in [-0.4, -0.2) is 55.6 Å². The van der Waals surface area contributed by atoms with Crippen LogP contribution in [0.5, 0.6) is 11.5 Å². The molecule has 1 saturated heterocycles. The maximum absolute atomic E-state index is 12.5. The summed E-state index contributed by atoms with van der Waals surface area (Å²) in [5.41, 5.74) is 1.99. The van der Waals surface area contributed by atoms with Gasteiger partial charge in [0.1, 0.15) is 5.82 Å². The van der Waals surface area contributed by atoms with Crippen molar-refractivity contribution in [3.8, 4) is 11.5 Å². The van der Waals surface area contributed by atoms with Crippen LogP contribution in [0.3, 0.4) is 0 Å². The van der Waals surface area contributed by atoms with E-state index in [1.165, 1.54) is 0 Å². The molecular formula is C23H30N4O4. The van der Waals surface area contributed by atoms with Gasteiger partial charge >= 0.3 is 0 Å². The maximum Gasteiger partial charge on any atom is 0.234 e. The van der Waals surface area contributed by atoms with E-state index in [0.29, 0.717) is 43.5 Å². The third kappa shape index (κ3) is 6.42. The molecule has 0 radical (unpaired) electrons. The van der Waals surface area contributed by atoms with Gasteiger partial charge in [-0.1, -0.05) is 6.07 Å². The van der Waals surface area contributed by atoms with E-state index in [0.717, 1.165) is 24.0 Å². The molecule has 2 aromatic rings. The predicted molar refractivity (Wildman–Crippen MR) is 118 cm³/mol. The number of carbonyl (C=O) groups is 2. The van der Waals surface area contributed by atoms with Crippen LogP contribution in [0.25, 0.3) is 0 Å². The van der Waals surface area contributed by atoms with Crippen molar-refractivity contribution in [2.45, 2.75) is 26.3 Å². The fraction of sp³-hybridized carbons (Fsp3) is 0.435. The third-order valence-electron chi connectivity index (χ3n) is 5.43. The van der Waals surface area contributed by atoms with E-state index in [4.69, 9.17) is 9.47 Å². The van der Waals surface area contributed by atoms with Gasteiger partial charge in [-0.15, -0.1) is 0 Å². The molecule has 1 aliphatic heterocycles.